The van der Waals surface area contributed by atoms with E-state index in [1.54, 1.807) is 24.3 Å². The Bertz CT molecular complexity index is 436. The lowest BCUT2D eigenvalue weighted by atomic mass is 10.2. The molecule has 0 fully saturated rings. The van der Waals surface area contributed by atoms with E-state index in [2.05, 4.69) is 5.32 Å². The van der Waals surface area contributed by atoms with Crippen molar-refractivity contribution in [2.24, 2.45) is 0 Å². The molecule has 2 N–H and O–H groups in total. The van der Waals surface area contributed by atoms with Gasteiger partial charge in [-0.3, -0.25) is 14.9 Å². The second-order valence-electron chi connectivity index (χ2n) is 2.85. The van der Waals surface area contributed by atoms with Gasteiger partial charge in [0.2, 0.25) is 0 Å². The summed E-state index contributed by atoms with van der Waals surface area (Å²) in [5.41, 5.74) is 0.397. The van der Waals surface area contributed by atoms with E-state index in [1.807, 2.05) is 5.32 Å². The molecule has 0 heterocycles. The van der Waals surface area contributed by atoms with Crippen LogP contribution in [0.5, 0.6) is 0 Å². The molecule has 16 heavy (non-hydrogen) atoms. The number of nitrogens with zero attached hydrogens (tertiary/aromatic N) is 1. The average molecular weight is 238 g/mol. The maximum atomic E-state index is 11.4. The van der Waals surface area contributed by atoms with Crippen molar-refractivity contribution in [3.63, 3.8) is 0 Å². The van der Waals surface area contributed by atoms with Gasteiger partial charge in [-0.1, -0.05) is 11.6 Å². The van der Waals surface area contributed by atoms with Gasteiger partial charge in [-0.25, -0.2) is 0 Å². The Morgan fingerprint density at radius 3 is 2.50 bits per heavy atom. The molecule has 82 valence electrons. The van der Waals surface area contributed by atoms with Crippen LogP contribution in [-0.2, 0) is 4.79 Å². The van der Waals surface area contributed by atoms with E-state index >= 15 is 0 Å². The van der Waals surface area contributed by atoms with Crippen molar-refractivity contribution in [2.75, 3.05) is 6.54 Å². The SMILES string of the molecule is N#CNC(=O)CNC(=O)c1ccc(Cl)cc1. The zero-order chi connectivity index (χ0) is 12.0. The maximum Gasteiger partial charge on any atom is 0.252 e. The molecule has 1 aromatic rings. The number of carbonyl (C=O) groups excluding carboxylic acids is 2. The second kappa shape index (κ2) is 5.73. The summed E-state index contributed by atoms with van der Waals surface area (Å²) in [5.74, 6) is -0.963. The summed E-state index contributed by atoms with van der Waals surface area (Å²) in [7, 11) is 0. The molecule has 6 heteroatoms. The molecule has 0 aliphatic carbocycles. The van der Waals surface area contributed by atoms with Crippen molar-refractivity contribution in [2.45, 2.75) is 0 Å². The Morgan fingerprint density at radius 1 is 1.31 bits per heavy atom. The number of amides is 2. The third kappa shape index (κ3) is 3.59. The molecule has 0 saturated heterocycles. The van der Waals surface area contributed by atoms with Crippen LogP contribution in [-0.4, -0.2) is 18.4 Å². The molecule has 2 amide bonds. The van der Waals surface area contributed by atoms with Gasteiger partial charge in [0.25, 0.3) is 11.8 Å². The number of hydrogen-bond donors (Lipinski definition) is 2. The van der Waals surface area contributed by atoms with Gasteiger partial charge in [-0.2, -0.15) is 5.26 Å². The van der Waals surface area contributed by atoms with Gasteiger partial charge >= 0.3 is 0 Å². The van der Waals surface area contributed by atoms with Crippen LogP contribution in [0.25, 0.3) is 0 Å². The molecular weight excluding hydrogens is 230 g/mol. The first-order valence-corrected chi connectivity index (χ1v) is 4.73. The van der Waals surface area contributed by atoms with Crippen LogP contribution < -0.4 is 10.6 Å². The van der Waals surface area contributed by atoms with Crippen LogP contribution in [0.15, 0.2) is 24.3 Å². The zero-order valence-electron chi connectivity index (χ0n) is 8.16. The molecule has 0 atom stereocenters. The highest BCUT2D eigenvalue weighted by Crippen LogP contribution is 2.08. The Hall–Kier alpha value is -2.06. The third-order valence-corrected chi connectivity index (χ3v) is 1.96. The summed E-state index contributed by atoms with van der Waals surface area (Å²) in [6, 6.07) is 6.23. The van der Waals surface area contributed by atoms with E-state index < -0.39 is 11.8 Å². The Morgan fingerprint density at radius 2 is 1.94 bits per heavy atom. The summed E-state index contributed by atoms with van der Waals surface area (Å²) in [5, 5.41) is 12.9. The van der Waals surface area contributed by atoms with Crippen LogP contribution >= 0.6 is 11.6 Å². The molecule has 0 spiro atoms. The van der Waals surface area contributed by atoms with E-state index in [0.29, 0.717) is 10.6 Å². The van der Waals surface area contributed by atoms with Crippen molar-refractivity contribution in [1.82, 2.24) is 10.6 Å². The fourth-order valence-corrected chi connectivity index (χ4v) is 1.10. The van der Waals surface area contributed by atoms with Crippen LogP contribution in [0.2, 0.25) is 5.02 Å². The maximum absolute atomic E-state index is 11.4. The predicted octanol–water partition coefficient (Wildman–Crippen LogP) is 0.667. The number of benzene rings is 1. The lowest BCUT2D eigenvalue weighted by Crippen LogP contribution is -2.34. The molecule has 1 aromatic carbocycles. The Labute approximate surface area is 97.0 Å². The van der Waals surface area contributed by atoms with E-state index in [1.165, 1.54) is 6.19 Å². The van der Waals surface area contributed by atoms with Gasteiger partial charge < -0.3 is 5.32 Å². The third-order valence-electron chi connectivity index (χ3n) is 1.71. The molecule has 0 aliphatic heterocycles. The van der Waals surface area contributed by atoms with Gasteiger partial charge in [-0.05, 0) is 24.3 Å². The van der Waals surface area contributed by atoms with Gasteiger partial charge in [0.05, 0.1) is 6.54 Å². The van der Waals surface area contributed by atoms with Crippen LogP contribution in [0, 0.1) is 11.5 Å². The van der Waals surface area contributed by atoms with Crippen molar-refractivity contribution in [3.8, 4) is 6.19 Å². The van der Waals surface area contributed by atoms with Crippen molar-refractivity contribution in [1.29, 1.82) is 5.26 Å². The Balaban J connectivity index is 2.50. The number of halogens is 1. The van der Waals surface area contributed by atoms with Crippen LogP contribution in [0.1, 0.15) is 10.4 Å². The highest BCUT2D eigenvalue weighted by molar-refractivity contribution is 6.30. The summed E-state index contributed by atoms with van der Waals surface area (Å²) in [4.78, 5) is 22.3. The molecule has 1 rings (SSSR count). The summed E-state index contributed by atoms with van der Waals surface area (Å²) in [6.07, 6.45) is 1.47. The standard InChI is InChI=1S/C10H8ClN3O2/c11-8-3-1-7(2-4-8)10(16)13-5-9(15)14-6-12/h1-4H,5H2,(H,13,16)(H,14,15). The first-order chi connectivity index (χ1) is 7.63. The number of carbonyl (C=O) groups is 2. The second-order valence-corrected chi connectivity index (χ2v) is 3.29. The largest absolute Gasteiger partial charge is 0.343 e. The minimum atomic E-state index is -0.565. The number of nitriles is 1. The van der Waals surface area contributed by atoms with E-state index in [-0.39, 0.29) is 6.54 Å². The number of rotatable bonds is 3. The number of hydrogen-bond acceptors (Lipinski definition) is 3. The lowest BCUT2D eigenvalue weighted by molar-refractivity contribution is -0.119. The lowest BCUT2D eigenvalue weighted by Gasteiger charge is -2.03. The fourth-order valence-electron chi connectivity index (χ4n) is 0.970. The molecular formula is C10H8ClN3O2. The monoisotopic (exact) mass is 237 g/mol. The average Bonchev–Trinajstić information content (AvgIpc) is 2.27. The summed E-state index contributed by atoms with van der Waals surface area (Å²) < 4.78 is 0. The van der Waals surface area contributed by atoms with Crippen molar-refractivity contribution < 1.29 is 9.59 Å². The minimum absolute atomic E-state index is 0.241. The van der Waals surface area contributed by atoms with Gasteiger partial charge in [0.1, 0.15) is 0 Å². The highest BCUT2D eigenvalue weighted by Gasteiger charge is 2.06. The van der Waals surface area contributed by atoms with Gasteiger partial charge in [0, 0.05) is 10.6 Å². The first kappa shape index (κ1) is 12.0. The zero-order valence-corrected chi connectivity index (χ0v) is 8.91. The van der Waals surface area contributed by atoms with E-state index in [9.17, 15) is 9.59 Å². The van der Waals surface area contributed by atoms with Crippen molar-refractivity contribution >= 4 is 23.4 Å². The summed E-state index contributed by atoms with van der Waals surface area (Å²) in [6.45, 7) is -0.241. The first-order valence-electron chi connectivity index (χ1n) is 4.35. The van der Waals surface area contributed by atoms with E-state index in [4.69, 9.17) is 16.9 Å². The molecule has 0 bridgehead atoms. The number of nitrogens with one attached hydrogen (secondary N) is 2. The van der Waals surface area contributed by atoms with Crippen LogP contribution in [0.3, 0.4) is 0 Å². The quantitative estimate of drug-likeness (QED) is 0.599. The highest BCUT2D eigenvalue weighted by atomic mass is 35.5. The molecule has 0 radical (unpaired) electrons. The predicted molar refractivity (Wildman–Crippen MR) is 57.5 cm³/mol. The van der Waals surface area contributed by atoms with Crippen LogP contribution in [0.4, 0.5) is 0 Å². The smallest absolute Gasteiger partial charge is 0.252 e. The van der Waals surface area contributed by atoms with Crippen molar-refractivity contribution in [3.05, 3.63) is 34.9 Å². The van der Waals surface area contributed by atoms with E-state index in [0.717, 1.165) is 0 Å². The molecule has 0 saturated carbocycles. The topological polar surface area (TPSA) is 82.0 Å². The molecule has 0 unspecified atom stereocenters. The summed E-state index contributed by atoms with van der Waals surface area (Å²) >= 11 is 5.65. The minimum Gasteiger partial charge on any atom is -0.343 e. The molecule has 0 aromatic heterocycles. The van der Waals surface area contributed by atoms with Gasteiger partial charge in [-0.15, -0.1) is 0 Å². The fraction of sp³-hybridized carbons (Fsp3) is 0.100. The van der Waals surface area contributed by atoms with Gasteiger partial charge in [0.15, 0.2) is 6.19 Å². The molecule has 0 aliphatic rings. The Kier molecular flexibility index (Phi) is 4.30. The normalized spacial score (nSPS) is 9.00. The molecule has 5 nitrogen and oxygen atoms in total.